The molecule has 1 heterocycles. The largest absolute Gasteiger partial charge is 0.217 e. The Morgan fingerprint density at radius 3 is 1.70 bits per heavy atom. The maximum Gasteiger partial charge on any atom is 0.163 e. The van der Waals surface area contributed by atoms with E-state index in [0.717, 1.165) is 24.0 Å². The Bertz CT molecular complexity index is 1210. The quantitative estimate of drug-likeness (QED) is 0.396. The van der Waals surface area contributed by atoms with Crippen molar-refractivity contribution in [1.82, 2.24) is 15.0 Å². The maximum atomic E-state index is 4.71. The smallest absolute Gasteiger partial charge is 0.163 e. The molecule has 3 aromatic carbocycles. The van der Waals surface area contributed by atoms with Crippen molar-refractivity contribution in [2.75, 3.05) is 0 Å². The molecule has 0 aliphatic heterocycles. The van der Waals surface area contributed by atoms with Gasteiger partial charge in [0.15, 0.2) is 11.6 Å². The van der Waals surface area contributed by atoms with Gasteiger partial charge in [0.2, 0.25) is 0 Å². The molecule has 0 atom stereocenters. The molecule has 4 aromatic rings. The van der Waals surface area contributed by atoms with Gasteiger partial charge in [-0.15, -0.1) is 0 Å². The third kappa shape index (κ3) is 3.83. The van der Waals surface area contributed by atoms with Gasteiger partial charge in [-0.3, -0.25) is 0 Å². The van der Waals surface area contributed by atoms with E-state index < -0.39 is 0 Å². The Morgan fingerprint density at radius 2 is 1.10 bits per heavy atom. The summed E-state index contributed by atoms with van der Waals surface area (Å²) in [4.78, 5) is 13.5. The molecule has 1 aromatic heterocycles. The second-order valence-electron chi connectivity index (χ2n) is 7.29. The van der Waals surface area contributed by atoms with Crippen LogP contribution in [0, 0.1) is 0 Å². The van der Waals surface area contributed by atoms with Gasteiger partial charge in [0.1, 0.15) is 6.33 Å². The van der Waals surface area contributed by atoms with Crippen LogP contribution in [0.4, 0.5) is 0 Å². The zero-order valence-electron chi connectivity index (χ0n) is 16.6. The van der Waals surface area contributed by atoms with E-state index in [2.05, 4.69) is 88.9 Å². The lowest BCUT2D eigenvalue weighted by atomic mass is 9.98. The van der Waals surface area contributed by atoms with Gasteiger partial charge in [-0.05, 0) is 35.1 Å². The monoisotopic (exact) mass is 387 g/mol. The fourth-order valence-corrected chi connectivity index (χ4v) is 3.66. The SMILES string of the molecule is C1=CC(c2ccc(-c3ncnc(-c4ccc(-c5ccccc5)cc4)n3)cc2)=CCC1. The average molecular weight is 387 g/mol. The summed E-state index contributed by atoms with van der Waals surface area (Å²) in [5.74, 6) is 1.37. The first-order valence-electron chi connectivity index (χ1n) is 10.2. The summed E-state index contributed by atoms with van der Waals surface area (Å²) in [6.45, 7) is 0. The van der Waals surface area contributed by atoms with Crippen LogP contribution in [0.3, 0.4) is 0 Å². The second-order valence-corrected chi connectivity index (χ2v) is 7.29. The lowest BCUT2D eigenvalue weighted by molar-refractivity contribution is 1.04. The molecule has 0 bridgehead atoms. The Balaban J connectivity index is 1.40. The predicted octanol–water partition coefficient (Wildman–Crippen LogP) is 6.61. The van der Waals surface area contributed by atoms with Crippen molar-refractivity contribution in [1.29, 1.82) is 0 Å². The lowest BCUT2D eigenvalue weighted by Gasteiger charge is -2.08. The Labute approximate surface area is 176 Å². The molecule has 144 valence electrons. The third-order valence-electron chi connectivity index (χ3n) is 5.29. The standard InChI is InChI=1S/C27H21N3/c1-3-7-20(8-4-1)22-11-15-24(16-12-22)26-28-19-29-27(30-26)25-17-13-23(14-18-25)21-9-5-2-6-10-21/h1,3-5,7-19H,2,6H2. The number of hydrogen-bond donors (Lipinski definition) is 0. The van der Waals surface area contributed by atoms with E-state index in [1.54, 1.807) is 6.33 Å². The number of rotatable bonds is 4. The maximum absolute atomic E-state index is 4.71. The van der Waals surface area contributed by atoms with Gasteiger partial charge >= 0.3 is 0 Å². The van der Waals surface area contributed by atoms with Crippen LogP contribution in [0.15, 0.2) is 103 Å². The fourth-order valence-electron chi connectivity index (χ4n) is 3.66. The summed E-state index contributed by atoms with van der Waals surface area (Å²) < 4.78 is 0. The van der Waals surface area contributed by atoms with Crippen LogP contribution in [0.2, 0.25) is 0 Å². The first kappa shape index (κ1) is 18.2. The summed E-state index contributed by atoms with van der Waals surface area (Å²) >= 11 is 0. The van der Waals surface area contributed by atoms with Crippen molar-refractivity contribution in [3.8, 4) is 33.9 Å². The molecule has 0 saturated carbocycles. The van der Waals surface area contributed by atoms with Crippen LogP contribution in [0.5, 0.6) is 0 Å². The van der Waals surface area contributed by atoms with Crippen LogP contribution in [-0.2, 0) is 0 Å². The summed E-state index contributed by atoms with van der Waals surface area (Å²) in [7, 11) is 0. The van der Waals surface area contributed by atoms with Gasteiger partial charge in [-0.25, -0.2) is 15.0 Å². The minimum atomic E-state index is 0.682. The number of hydrogen-bond acceptors (Lipinski definition) is 3. The molecule has 1 aliphatic rings. The normalized spacial score (nSPS) is 13.1. The highest BCUT2D eigenvalue weighted by Crippen LogP contribution is 2.26. The molecular formula is C27H21N3. The Hall–Kier alpha value is -3.85. The van der Waals surface area contributed by atoms with Crippen molar-refractivity contribution in [3.63, 3.8) is 0 Å². The highest BCUT2D eigenvalue weighted by molar-refractivity contribution is 5.76. The summed E-state index contributed by atoms with van der Waals surface area (Å²) in [5, 5.41) is 0. The summed E-state index contributed by atoms with van der Waals surface area (Å²) in [5.41, 5.74) is 6.85. The van der Waals surface area contributed by atoms with Crippen LogP contribution in [0.1, 0.15) is 18.4 Å². The number of aromatic nitrogens is 3. The van der Waals surface area contributed by atoms with Crippen molar-refractivity contribution < 1.29 is 0 Å². The molecule has 30 heavy (non-hydrogen) atoms. The van der Waals surface area contributed by atoms with Crippen molar-refractivity contribution in [3.05, 3.63) is 109 Å². The highest BCUT2D eigenvalue weighted by atomic mass is 15.0. The minimum Gasteiger partial charge on any atom is -0.217 e. The highest BCUT2D eigenvalue weighted by Gasteiger charge is 2.08. The molecule has 5 rings (SSSR count). The van der Waals surface area contributed by atoms with E-state index in [1.165, 1.54) is 22.3 Å². The topological polar surface area (TPSA) is 38.7 Å². The van der Waals surface area contributed by atoms with E-state index in [1.807, 2.05) is 18.2 Å². The van der Waals surface area contributed by atoms with Crippen LogP contribution >= 0.6 is 0 Å². The molecule has 3 nitrogen and oxygen atoms in total. The van der Waals surface area contributed by atoms with E-state index in [4.69, 9.17) is 4.98 Å². The fraction of sp³-hybridized carbons (Fsp3) is 0.0741. The van der Waals surface area contributed by atoms with E-state index in [9.17, 15) is 0 Å². The van der Waals surface area contributed by atoms with Crippen LogP contribution in [-0.4, -0.2) is 15.0 Å². The predicted molar refractivity (Wildman–Crippen MR) is 122 cm³/mol. The number of allylic oxidation sites excluding steroid dienone is 4. The van der Waals surface area contributed by atoms with Gasteiger partial charge in [-0.2, -0.15) is 0 Å². The Kier molecular flexibility index (Phi) is 5.01. The van der Waals surface area contributed by atoms with Gasteiger partial charge in [0.25, 0.3) is 0 Å². The van der Waals surface area contributed by atoms with Gasteiger partial charge < -0.3 is 0 Å². The Morgan fingerprint density at radius 1 is 0.533 bits per heavy atom. The summed E-state index contributed by atoms with van der Waals surface area (Å²) in [6.07, 6.45) is 10.5. The number of benzene rings is 3. The molecule has 0 spiro atoms. The van der Waals surface area contributed by atoms with E-state index in [-0.39, 0.29) is 0 Å². The molecule has 3 heteroatoms. The van der Waals surface area contributed by atoms with E-state index >= 15 is 0 Å². The zero-order valence-corrected chi connectivity index (χ0v) is 16.6. The van der Waals surface area contributed by atoms with Crippen molar-refractivity contribution in [2.45, 2.75) is 12.8 Å². The van der Waals surface area contributed by atoms with Gasteiger partial charge in [0.05, 0.1) is 0 Å². The second kappa shape index (κ2) is 8.26. The molecule has 0 amide bonds. The average Bonchev–Trinajstić information content (AvgIpc) is 2.85. The first-order chi connectivity index (χ1) is 14.9. The molecule has 0 unspecified atom stereocenters. The van der Waals surface area contributed by atoms with E-state index in [0.29, 0.717) is 11.6 Å². The van der Waals surface area contributed by atoms with Crippen LogP contribution < -0.4 is 0 Å². The third-order valence-corrected chi connectivity index (χ3v) is 5.29. The molecule has 0 radical (unpaired) electrons. The molecule has 0 N–H and O–H groups in total. The van der Waals surface area contributed by atoms with Gasteiger partial charge in [0, 0.05) is 11.1 Å². The number of nitrogens with zero attached hydrogens (tertiary/aromatic N) is 3. The first-order valence-corrected chi connectivity index (χ1v) is 10.2. The van der Waals surface area contributed by atoms with Crippen molar-refractivity contribution >= 4 is 5.57 Å². The molecule has 1 aliphatic carbocycles. The van der Waals surface area contributed by atoms with Gasteiger partial charge in [-0.1, -0.05) is 97.1 Å². The molecule has 0 saturated heterocycles. The molecule has 0 fully saturated rings. The molecular weight excluding hydrogens is 366 g/mol. The van der Waals surface area contributed by atoms with Crippen LogP contribution in [0.25, 0.3) is 39.5 Å². The zero-order chi connectivity index (χ0) is 20.2. The summed E-state index contributed by atoms with van der Waals surface area (Å²) in [6, 6.07) is 27.1. The lowest BCUT2D eigenvalue weighted by Crippen LogP contribution is -1.95. The van der Waals surface area contributed by atoms with Crippen molar-refractivity contribution in [2.24, 2.45) is 0 Å². The minimum absolute atomic E-state index is 0.682.